The molecule has 0 unspecified atom stereocenters. The first-order valence-corrected chi connectivity index (χ1v) is 6.19. The van der Waals surface area contributed by atoms with E-state index in [1.807, 2.05) is 0 Å². The van der Waals surface area contributed by atoms with E-state index in [9.17, 15) is 14.7 Å². The number of esters is 1. The summed E-state index contributed by atoms with van der Waals surface area (Å²) in [4.78, 5) is 25.1. The molecule has 2 saturated heterocycles. The minimum absolute atomic E-state index is 0.0931. The molecular weight excluding hydrogens is 238 g/mol. The van der Waals surface area contributed by atoms with Crippen molar-refractivity contribution in [2.45, 2.75) is 31.3 Å². The van der Waals surface area contributed by atoms with E-state index in [0.29, 0.717) is 6.42 Å². The third-order valence-corrected chi connectivity index (χ3v) is 4.19. The van der Waals surface area contributed by atoms with Crippen molar-refractivity contribution < 1.29 is 24.2 Å². The summed E-state index contributed by atoms with van der Waals surface area (Å²) < 4.78 is 9.55. The Kier molecular flexibility index (Phi) is 3.75. The number of rotatable bonds is 2. The Morgan fingerprint density at radius 3 is 2.56 bits per heavy atom. The van der Waals surface area contributed by atoms with Gasteiger partial charge in [0.15, 0.2) is 0 Å². The maximum Gasteiger partial charge on any atom is 0.410 e. The van der Waals surface area contributed by atoms with Gasteiger partial charge in [-0.05, 0) is 25.2 Å². The SMILES string of the molecule is COC(=O)[C@H]1C[C@H]2CC[C@@H]1N(C(=O)OC)[C@@H]2CO. The van der Waals surface area contributed by atoms with Gasteiger partial charge in [-0.2, -0.15) is 0 Å². The van der Waals surface area contributed by atoms with Crippen LogP contribution in [0.5, 0.6) is 0 Å². The lowest BCUT2D eigenvalue weighted by atomic mass is 9.69. The first kappa shape index (κ1) is 13.1. The number of carbonyl (C=O) groups excluding carboxylic acids is 2. The van der Waals surface area contributed by atoms with Crippen LogP contribution in [0.1, 0.15) is 19.3 Å². The lowest BCUT2D eigenvalue weighted by Crippen LogP contribution is -2.63. The Morgan fingerprint density at radius 2 is 2.00 bits per heavy atom. The highest BCUT2D eigenvalue weighted by Gasteiger charge is 2.51. The van der Waals surface area contributed by atoms with Crippen molar-refractivity contribution in [2.24, 2.45) is 11.8 Å². The maximum absolute atomic E-state index is 11.8. The Morgan fingerprint density at radius 1 is 1.28 bits per heavy atom. The van der Waals surface area contributed by atoms with E-state index < -0.39 is 6.09 Å². The standard InChI is InChI=1S/C12H19NO5/c1-17-11(15)8-5-7-3-4-9(8)13(10(7)6-14)12(16)18-2/h7-10,14H,3-6H2,1-2H3/t7-,8+,9+,10-/m1/s1. The van der Waals surface area contributed by atoms with Crippen LogP contribution < -0.4 is 0 Å². The van der Waals surface area contributed by atoms with E-state index in [4.69, 9.17) is 9.47 Å². The molecule has 1 amide bonds. The predicted molar refractivity (Wildman–Crippen MR) is 61.8 cm³/mol. The summed E-state index contributed by atoms with van der Waals surface area (Å²) in [5.74, 6) is -0.436. The Hall–Kier alpha value is -1.30. The van der Waals surface area contributed by atoms with Crippen LogP contribution in [0.25, 0.3) is 0 Å². The summed E-state index contributed by atoms with van der Waals surface area (Å²) >= 11 is 0. The molecule has 0 spiro atoms. The minimum Gasteiger partial charge on any atom is -0.469 e. The number of methoxy groups -OCH3 is 2. The summed E-state index contributed by atoms with van der Waals surface area (Å²) in [6.07, 6.45) is 1.89. The van der Waals surface area contributed by atoms with Gasteiger partial charge in [-0.1, -0.05) is 0 Å². The zero-order valence-electron chi connectivity index (χ0n) is 10.7. The second-order valence-electron chi connectivity index (χ2n) is 4.90. The number of amides is 1. The molecule has 2 heterocycles. The maximum atomic E-state index is 11.8. The topological polar surface area (TPSA) is 76.1 Å². The number of carbonyl (C=O) groups is 2. The zero-order valence-corrected chi connectivity index (χ0v) is 10.7. The fourth-order valence-corrected chi connectivity index (χ4v) is 3.36. The van der Waals surface area contributed by atoms with Crippen LogP contribution in [0.4, 0.5) is 4.79 Å². The molecule has 6 nitrogen and oxygen atoms in total. The molecule has 102 valence electrons. The van der Waals surface area contributed by atoms with Crippen molar-refractivity contribution in [3.8, 4) is 0 Å². The van der Waals surface area contributed by atoms with Gasteiger partial charge in [-0.15, -0.1) is 0 Å². The van der Waals surface area contributed by atoms with Crippen molar-refractivity contribution >= 4 is 12.1 Å². The molecule has 18 heavy (non-hydrogen) atoms. The van der Waals surface area contributed by atoms with Crippen LogP contribution in [0.3, 0.4) is 0 Å². The molecule has 0 radical (unpaired) electrons. The van der Waals surface area contributed by atoms with E-state index >= 15 is 0 Å². The van der Waals surface area contributed by atoms with Gasteiger partial charge >= 0.3 is 12.1 Å². The second kappa shape index (κ2) is 5.14. The quantitative estimate of drug-likeness (QED) is 0.724. The predicted octanol–water partition coefficient (Wildman–Crippen LogP) is 0.387. The normalized spacial score (nSPS) is 34.3. The number of ether oxygens (including phenoxy) is 2. The van der Waals surface area contributed by atoms with Crippen LogP contribution in [0.15, 0.2) is 0 Å². The van der Waals surface area contributed by atoms with Crippen molar-refractivity contribution in [1.82, 2.24) is 4.90 Å². The number of piperidine rings is 2. The fraction of sp³-hybridized carbons (Fsp3) is 0.833. The van der Waals surface area contributed by atoms with Crippen LogP contribution in [-0.2, 0) is 14.3 Å². The number of nitrogens with zero attached hydrogens (tertiary/aromatic N) is 1. The van der Waals surface area contributed by atoms with Gasteiger partial charge in [-0.25, -0.2) is 4.79 Å². The molecular formula is C12H19NO5. The average molecular weight is 257 g/mol. The van der Waals surface area contributed by atoms with Gasteiger partial charge in [0.25, 0.3) is 0 Å². The van der Waals surface area contributed by atoms with Crippen LogP contribution in [0.2, 0.25) is 0 Å². The first-order valence-electron chi connectivity index (χ1n) is 6.19. The van der Waals surface area contributed by atoms with Crippen molar-refractivity contribution in [2.75, 3.05) is 20.8 Å². The molecule has 2 aliphatic heterocycles. The number of fused-ring (bicyclic) bond motifs is 3. The van der Waals surface area contributed by atoms with E-state index in [0.717, 1.165) is 12.8 Å². The lowest BCUT2D eigenvalue weighted by molar-refractivity contribution is -0.156. The second-order valence-corrected chi connectivity index (χ2v) is 4.90. The summed E-state index contributed by atoms with van der Waals surface area (Å²) in [5.41, 5.74) is 0. The molecule has 0 aromatic heterocycles. The van der Waals surface area contributed by atoms with Crippen molar-refractivity contribution in [1.29, 1.82) is 0 Å². The summed E-state index contributed by atoms with van der Waals surface area (Å²) in [6, 6.07) is -0.454. The highest BCUT2D eigenvalue weighted by molar-refractivity contribution is 5.76. The largest absolute Gasteiger partial charge is 0.469 e. The molecule has 3 aliphatic rings. The van der Waals surface area contributed by atoms with Crippen LogP contribution in [-0.4, -0.2) is 55.0 Å². The number of hydrogen-bond acceptors (Lipinski definition) is 5. The van der Waals surface area contributed by atoms with Gasteiger partial charge in [-0.3, -0.25) is 9.69 Å². The fourth-order valence-electron chi connectivity index (χ4n) is 3.36. The Balaban J connectivity index is 2.25. The smallest absolute Gasteiger partial charge is 0.410 e. The number of hydrogen-bond donors (Lipinski definition) is 1. The summed E-state index contributed by atoms with van der Waals surface area (Å²) in [6.45, 7) is -0.0931. The number of aliphatic hydroxyl groups excluding tert-OH is 1. The zero-order chi connectivity index (χ0) is 13.3. The molecule has 2 bridgehead atoms. The summed E-state index contributed by atoms with van der Waals surface area (Å²) in [7, 11) is 2.67. The monoisotopic (exact) mass is 257 g/mol. The van der Waals surface area contributed by atoms with Crippen LogP contribution in [0, 0.1) is 11.8 Å². The molecule has 1 N–H and O–H groups in total. The first-order chi connectivity index (χ1) is 8.63. The van der Waals surface area contributed by atoms with Gasteiger partial charge in [0.05, 0.1) is 32.8 Å². The third kappa shape index (κ3) is 1.94. The molecule has 0 aromatic carbocycles. The van der Waals surface area contributed by atoms with Gasteiger partial charge in [0.1, 0.15) is 0 Å². The van der Waals surface area contributed by atoms with E-state index in [2.05, 4.69) is 0 Å². The van der Waals surface area contributed by atoms with E-state index in [1.54, 1.807) is 0 Å². The van der Waals surface area contributed by atoms with Gasteiger partial charge in [0.2, 0.25) is 0 Å². The highest BCUT2D eigenvalue weighted by Crippen LogP contribution is 2.43. The van der Waals surface area contributed by atoms with E-state index in [-0.39, 0.29) is 36.5 Å². The molecule has 3 rings (SSSR count). The molecule has 3 fully saturated rings. The molecule has 1 aliphatic carbocycles. The average Bonchev–Trinajstić information content (AvgIpc) is 2.44. The van der Waals surface area contributed by atoms with Crippen molar-refractivity contribution in [3.05, 3.63) is 0 Å². The molecule has 6 heteroatoms. The van der Waals surface area contributed by atoms with E-state index in [1.165, 1.54) is 19.1 Å². The minimum atomic E-state index is -0.475. The Labute approximate surface area is 106 Å². The highest BCUT2D eigenvalue weighted by atomic mass is 16.5. The summed E-state index contributed by atoms with van der Waals surface area (Å²) in [5, 5.41) is 9.44. The lowest BCUT2D eigenvalue weighted by Gasteiger charge is -2.52. The number of aliphatic hydroxyl groups is 1. The van der Waals surface area contributed by atoms with Crippen LogP contribution >= 0.6 is 0 Å². The van der Waals surface area contributed by atoms with Crippen molar-refractivity contribution in [3.63, 3.8) is 0 Å². The third-order valence-electron chi connectivity index (χ3n) is 4.19. The van der Waals surface area contributed by atoms with Gasteiger partial charge in [0, 0.05) is 6.04 Å². The Bertz CT molecular complexity index is 345. The molecule has 0 aromatic rings. The van der Waals surface area contributed by atoms with Gasteiger partial charge < -0.3 is 14.6 Å². The molecule has 4 atom stereocenters. The molecule has 1 saturated carbocycles.